The summed E-state index contributed by atoms with van der Waals surface area (Å²) in [7, 11) is 0. The molecule has 0 spiro atoms. The van der Waals surface area contributed by atoms with Gasteiger partial charge in [0.25, 0.3) is 5.56 Å². The van der Waals surface area contributed by atoms with Crippen molar-refractivity contribution in [2.24, 2.45) is 0 Å². The predicted molar refractivity (Wildman–Crippen MR) is 124 cm³/mol. The van der Waals surface area contributed by atoms with E-state index in [1.807, 2.05) is 54.6 Å². The Bertz CT molecular complexity index is 1370. The Morgan fingerprint density at radius 2 is 1.91 bits per heavy atom. The maximum absolute atomic E-state index is 13.1. The van der Waals surface area contributed by atoms with Gasteiger partial charge in [-0.2, -0.15) is 4.98 Å². The molecule has 0 atom stereocenters. The molecule has 1 aromatic carbocycles. The number of hydrogen-bond donors (Lipinski definition) is 1. The Hall–Kier alpha value is -4.04. The van der Waals surface area contributed by atoms with Gasteiger partial charge in [0.1, 0.15) is 5.39 Å². The zero-order valence-electron chi connectivity index (χ0n) is 17.4. The van der Waals surface area contributed by atoms with Crippen molar-refractivity contribution in [3.05, 3.63) is 96.1 Å². The summed E-state index contributed by atoms with van der Waals surface area (Å²) in [4.78, 5) is 27.0. The third-order valence-corrected chi connectivity index (χ3v) is 5.58. The molecule has 8 nitrogen and oxygen atoms in total. The van der Waals surface area contributed by atoms with E-state index in [-0.39, 0.29) is 11.0 Å². The highest BCUT2D eigenvalue weighted by Crippen LogP contribution is 2.32. The maximum Gasteiger partial charge on any atom is 0.278 e. The Balaban J connectivity index is 1.68. The van der Waals surface area contributed by atoms with Crippen molar-refractivity contribution in [2.75, 3.05) is 18.5 Å². The lowest BCUT2D eigenvalue weighted by molar-refractivity contribution is -0.0357. The van der Waals surface area contributed by atoms with E-state index in [9.17, 15) is 4.79 Å². The molecule has 32 heavy (non-hydrogen) atoms. The molecule has 1 N–H and O–H groups in total. The van der Waals surface area contributed by atoms with Crippen LogP contribution in [0.3, 0.4) is 0 Å². The van der Waals surface area contributed by atoms with E-state index in [4.69, 9.17) is 9.72 Å². The van der Waals surface area contributed by atoms with Gasteiger partial charge >= 0.3 is 0 Å². The van der Waals surface area contributed by atoms with Gasteiger partial charge in [-0.1, -0.05) is 36.4 Å². The van der Waals surface area contributed by atoms with Gasteiger partial charge in [-0.3, -0.25) is 4.79 Å². The fourth-order valence-corrected chi connectivity index (χ4v) is 3.77. The van der Waals surface area contributed by atoms with Crippen molar-refractivity contribution in [2.45, 2.75) is 12.0 Å². The van der Waals surface area contributed by atoms with Crippen LogP contribution in [0.1, 0.15) is 5.69 Å². The molecule has 1 saturated heterocycles. The largest absolute Gasteiger partial charge is 0.379 e. The van der Waals surface area contributed by atoms with Gasteiger partial charge in [0, 0.05) is 11.9 Å². The summed E-state index contributed by atoms with van der Waals surface area (Å²) in [6.07, 6.45) is 5.08. The quantitative estimate of drug-likeness (QED) is 0.456. The number of anilines is 2. The molecule has 0 unspecified atom stereocenters. The van der Waals surface area contributed by atoms with E-state index in [2.05, 4.69) is 28.4 Å². The smallest absolute Gasteiger partial charge is 0.278 e. The van der Waals surface area contributed by atoms with Gasteiger partial charge in [-0.15, -0.1) is 13.2 Å². The molecule has 8 heteroatoms. The predicted octanol–water partition coefficient (Wildman–Crippen LogP) is 3.36. The molecule has 4 heterocycles. The monoisotopic (exact) mass is 426 g/mol. The van der Waals surface area contributed by atoms with Crippen molar-refractivity contribution in [1.82, 2.24) is 24.3 Å². The fourth-order valence-electron chi connectivity index (χ4n) is 3.77. The van der Waals surface area contributed by atoms with Crippen LogP contribution in [0.5, 0.6) is 0 Å². The van der Waals surface area contributed by atoms with E-state index in [0.717, 1.165) is 11.4 Å². The molecule has 4 aromatic rings. The van der Waals surface area contributed by atoms with Gasteiger partial charge in [0.15, 0.2) is 11.5 Å². The lowest BCUT2D eigenvalue weighted by atomic mass is 9.82. The number of rotatable bonds is 7. The summed E-state index contributed by atoms with van der Waals surface area (Å²) in [5, 5.41) is 3.59. The zero-order chi connectivity index (χ0) is 22.1. The Labute approximate surface area is 184 Å². The molecule has 0 radical (unpaired) electrons. The third-order valence-electron chi connectivity index (χ3n) is 5.58. The summed E-state index contributed by atoms with van der Waals surface area (Å²) < 4.78 is 8.70. The number of nitrogens with zero attached hydrogens (tertiary/aromatic N) is 5. The van der Waals surface area contributed by atoms with Crippen LogP contribution in [-0.2, 0) is 16.7 Å². The second-order valence-corrected chi connectivity index (χ2v) is 7.64. The molecule has 0 aliphatic carbocycles. The molecular weight excluding hydrogens is 404 g/mol. The van der Waals surface area contributed by atoms with Crippen LogP contribution in [0, 0.1) is 0 Å². The first-order valence-corrected chi connectivity index (χ1v) is 10.3. The van der Waals surface area contributed by atoms with E-state index >= 15 is 0 Å². The lowest BCUT2D eigenvalue weighted by Crippen LogP contribution is -2.45. The topological polar surface area (TPSA) is 86.9 Å². The van der Waals surface area contributed by atoms with Crippen molar-refractivity contribution < 1.29 is 4.74 Å². The van der Waals surface area contributed by atoms with Gasteiger partial charge in [-0.25, -0.2) is 19.3 Å². The summed E-state index contributed by atoms with van der Waals surface area (Å²) in [6.45, 7) is 9.13. The van der Waals surface area contributed by atoms with Gasteiger partial charge in [0.05, 0.1) is 30.9 Å². The first kappa shape index (κ1) is 19.9. The number of benzene rings is 1. The van der Waals surface area contributed by atoms with Crippen molar-refractivity contribution in [3.8, 4) is 5.82 Å². The average Bonchev–Trinajstić information content (AvgIpc) is 3.06. The first-order chi connectivity index (χ1) is 15.6. The Morgan fingerprint density at radius 1 is 1.09 bits per heavy atom. The third kappa shape index (κ3) is 3.21. The van der Waals surface area contributed by atoms with Crippen molar-refractivity contribution in [3.63, 3.8) is 0 Å². The normalized spacial score (nSPS) is 14.6. The van der Waals surface area contributed by atoms with Crippen molar-refractivity contribution in [1.29, 1.82) is 0 Å². The highest BCUT2D eigenvalue weighted by Gasteiger charge is 2.39. The minimum atomic E-state index is -0.322. The molecule has 1 aliphatic heterocycles. The molecule has 1 aliphatic rings. The van der Waals surface area contributed by atoms with Crippen LogP contribution in [-0.4, -0.2) is 37.5 Å². The van der Waals surface area contributed by atoms with Crippen LogP contribution in [0.15, 0.2) is 84.8 Å². The van der Waals surface area contributed by atoms with E-state index in [1.54, 1.807) is 21.6 Å². The summed E-state index contributed by atoms with van der Waals surface area (Å²) in [5.41, 5.74) is 1.63. The summed E-state index contributed by atoms with van der Waals surface area (Å²) >= 11 is 0. The van der Waals surface area contributed by atoms with Crippen LogP contribution in [0.25, 0.3) is 16.9 Å². The number of hydrogen-bond acceptors (Lipinski definition) is 6. The highest BCUT2D eigenvalue weighted by atomic mass is 16.5. The highest BCUT2D eigenvalue weighted by molar-refractivity contribution is 5.77. The molecular formula is C24H22N6O2. The van der Waals surface area contributed by atoms with Crippen LogP contribution < -0.4 is 10.9 Å². The number of allylic oxidation sites excluding steroid dienone is 1. The van der Waals surface area contributed by atoms with E-state index < -0.39 is 0 Å². The number of ether oxygens (including phenoxy) is 1. The SMILES string of the molecule is C=CCn1c(=O)c2cnc(Nc3ccccc3)nc2n1-c1cccc(C2(C=C)COC2)n1. The number of aromatic nitrogens is 5. The van der Waals surface area contributed by atoms with E-state index in [1.165, 1.54) is 0 Å². The molecule has 0 bridgehead atoms. The van der Waals surface area contributed by atoms with E-state index in [0.29, 0.717) is 42.6 Å². The molecule has 0 amide bonds. The maximum atomic E-state index is 13.1. The number of para-hydroxylation sites is 1. The van der Waals surface area contributed by atoms with Crippen LogP contribution in [0.2, 0.25) is 0 Å². The second kappa shape index (κ2) is 7.90. The van der Waals surface area contributed by atoms with Gasteiger partial charge in [0.2, 0.25) is 5.95 Å². The van der Waals surface area contributed by atoms with Gasteiger partial charge < -0.3 is 10.1 Å². The number of fused-ring (bicyclic) bond motifs is 1. The minimum absolute atomic E-state index is 0.205. The van der Waals surface area contributed by atoms with Crippen LogP contribution >= 0.6 is 0 Å². The van der Waals surface area contributed by atoms with Crippen molar-refractivity contribution >= 4 is 22.7 Å². The molecule has 3 aromatic heterocycles. The first-order valence-electron chi connectivity index (χ1n) is 10.3. The zero-order valence-corrected chi connectivity index (χ0v) is 17.4. The average molecular weight is 426 g/mol. The summed E-state index contributed by atoms with van der Waals surface area (Å²) in [6, 6.07) is 15.3. The molecule has 160 valence electrons. The standard InChI is InChI=1S/C24H22N6O2/c1-3-13-29-22(31)18-14-25-23(26-17-9-6-5-7-10-17)28-21(18)30(29)20-12-8-11-19(27-20)24(4-2)15-32-16-24/h3-12,14H,1-2,13,15-16H2,(H,25,26,28). The lowest BCUT2D eigenvalue weighted by Gasteiger charge is -2.38. The summed E-state index contributed by atoms with van der Waals surface area (Å²) in [5.74, 6) is 0.966. The minimum Gasteiger partial charge on any atom is -0.379 e. The number of pyridine rings is 1. The molecule has 1 fully saturated rings. The second-order valence-electron chi connectivity index (χ2n) is 7.64. The fraction of sp³-hybridized carbons (Fsp3) is 0.167. The van der Waals surface area contributed by atoms with Crippen LogP contribution in [0.4, 0.5) is 11.6 Å². The van der Waals surface area contributed by atoms with Gasteiger partial charge in [-0.05, 0) is 24.3 Å². The molecule has 0 saturated carbocycles. The Kier molecular flexibility index (Phi) is 4.91. The molecule has 5 rings (SSSR count). The Morgan fingerprint density at radius 3 is 2.59 bits per heavy atom. The number of nitrogens with one attached hydrogen (secondary N) is 1.